The number of aryl methyl sites for hydroxylation is 2. The van der Waals surface area contributed by atoms with Crippen molar-refractivity contribution in [1.82, 2.24) is 0 Å². The number of ether oxygens (including phenoxy) is 4. The van der Waals surface area contributed by atoms with E-state index in [2.05, 4.69) is 60.7 Å². The van der Waals surface area contributed by atoms with E-state index in [4.69, 9.17) is 18.9 Å². The third-order valence-corrected chi connectivity index (χ3v) is 6.35. The summed E-state index contributed by atoms with van der Waals surface area (Å²) >= 11 is 0. The van der Waals surface area contributed by atoms with Crippen LogP contribution in [-0.2, 0) is 0 Å². The van der Waals surface area contributed by atoms with Gasteiger partial charge in [0, 0.05) is 11.1 Å². The summed E-state index contributed by atoms with van der Waals surface area (Å²) in [5.74, 6) is 3.36. The second-order valence-electron chi connectivity index (χ2n) is 8.62. The molecule has 0 spiro atoms. The summed E-state index contributed by atoms with van der Waals surface area (Å²) in [7, 11) is 6.76. The third-order valence-electron chi connectivity index (χ3n) is 6.35. The van der Waals surface area contributed by atoms with E-state index >= 15 is 0 Å². The molecule has 0 heterocycles. The summed E-state index contributed by atoms with van der Waals surface area (Å²) in [6.45, 7) is 4.03. The predicted octanol–water partition coefficient (Wildman–Crippen LogP) is 7.84. The van der Waals surface area contributed by atoms with Crippen molar-refractivity contribution in [2.24, 2.45) is 0 Å². The summed E-state index contributed by atoms with van der Waals surface area (Å²) in [5, 5.41) is 0. The van der Waals surface area contributed by atoms with Gasteiger partial charge in [-0.3, -0.25) is 0 Å². The molecule has 0 aliphatic carbocycles. The van der Waals surface area contributed by atoms with E-state index in [1.807, 2.05) is 38.1 Å². The summed E-state index contributed by atoms with van der Waals surface area (Å²) in [6.07, 6.45) is 4.22. The lowest BCUT2D eigenvalue weighted by Gasteiger charge is -2.13. The normalized spacial score (nSPS) is 10.9. The van der Waals surface area contributed by atoms with Crippen molar-refractivity contribution in [2.75, 3.05) is 28.4 Å². The number of benzene rings is 4. The molecule has 0 aliphatic heterocycles. The van der Waals surface area contributed by atoms with Crippen LogP contribution in [0.1, 0.15) is 22.3 Å². The van der Waals surface area contributed by atoms with Crippen LogP contribution in [0.4, 0.5) is 0 Å². The minimum atomic E-state index is 0.833. The van der Waals surface area contributed by atoms with Crippen LogP contribution in [0, 0.1) is 13.8 Å². The minimum absolute atomic E-state index is 0.833. The number of rotatable bonds is 8. The van der Waals surface area contributed by atoms with Crippen LogP contribution in [0.5, 0.6) is 23.0 Å². The van der Waals surface area contributed by atoms with Crippen LogP contribution < -0.4 is 18.9 Å². The number of methoxy groups -OCH3 is 4. The van der Waals surface area contributed by atoms with Crippen molar-refractivity contribution in [3.05, 3.63) is 95.1 Å². The van der Waals surface area contributed by atoms with Gasteiger partial charge in [0.2, 0.25) is 0 Å². The Balaban J connectivity index is 1.54. The number of hydrogen-bond acceptors (Lipinski definition) is 4. The molecule has 0 saturated heterocycles. The van der Waals surface area contributed by atoms with Crippen LogP contribution in [0.25, 0.3) is 34.4 Å². The molecular weight excluding hydrogens is 448 g/mol. The van der Waals surface area contributed by atoms with Gasteiger partial charge >= 0.3 is 0 Å². The van der Waals surface area contributed by atoms with Crippen molar-refractivity contribution in [1.29, 1.82) is 0 Å². The Hall–Kier alpha value is -4.18. The molecule has 0 N–H and O–H groups in total. The Kier molecular flexibility index (Phi) is 7.65. The Bertz CT molecular complexity index is 1260. The monoisotopic (exact) mass is 480 g/mol. The van der Waals surface area contributed by atoms with E-state index in [1.165, 1.54) is 0 Å². The summed E-state index contributed by atoms with van der Waals surface area (Å²) in [6, 6.07) is 24.9. The lowest BCUT2D eigenvalue weighted by Crippen LogP contribution is -1.93. The third kappa shape index (κ3) is 5.23. The molecule has 0 radical (unpaired) electrons. The SMILES string of the molecule is COc1cc(-c2ccc(/C=C/c3ccc(-c4cc(OC)c(C)cc4OC)cc3)cc2)c(OC)cc1C. The highest BCUT2D eigenvalue weighted by atomic mass is 16.5. The van der Waals surface area contributed by atoms with E-state index in [0.29, 0.717) is 0 Å². The van der Waals surface area contributed by atoms with Gasteiger partial charge in [0.25, 0.3) is 0 Å². The Morgan fingerprint density at radius 3 is 1.08 bits per heavy atom. The minimum Gasteiger partial charge on any atom is -0.496 e. The average molecular weight is 481 g/mol. The van der Waals surface area contributed by atoms with E-state index in [0.717, 1.165) is 67.5 Å². The van der Waals surface area contributed by atoms with Gasteiger partial charge in [-0.1, -0.05) is 60.7 Å². The second kappa shape index (κ2) is 11.0. The maximum atomic E-state index is 5.61. The van der Waals surface area contributed by atoms with Crippen molar-refractivity contribution < 1.29 is 18.9 Å². The molecule has 4 aromatic rings. The van der Waals surface area contributed by atoms with Gasteiger partial charge in [-0.25, -0.2) is 0 Å². The zero-order chi connectivity index (χ0) is 25.7. The van der Waals surface area contributed by atoms with Crippen LogP contribution >= 0.6 is 0 Å². The highest BCUT2D eigenvalue weighted by molar-refractivity contribution is 5.78. The average Bonchev–Trinajstić information content (AvgIpc) is 2.92. The molecule has 36 heavy (non-hydrogen) atoms. The van der Waals surface area contributed by atoms with E-state index < -0.39 is 0 Å². The van der Waals surface area contributed by atoms with Crippen LogP contribution in [0.15, 0.2) is 72.8 Å². The standard InChI is InChI=1S/C32H32O4/c1-21-17-31(35-5)27(19-29(21)33-3)25-13-9-23(10-14-25)7-8-24-11-15-26(16-12-24)28-20-30(34-4)22(2)18-32(28)36-6/h7-20H,1-6H3/b8-7+. The number of hydrogen-bond donors (Lipinski definition) is 0. The first-order chi connectivity index (χ1) is 17.5. The Morgan fingerprint density at radius 2 is 0.778 bits per heavy atom. The van der Waals surface area contributed by atoms with Gasteiger partial charge in [0.05, 0.1) is 28.4 Å². The molecule has 0 atom stereocenters. The van der Waals surface area contributed by atoms with Crippen molar-refractivity contribution in [3.8, 4) is 45.3 Å². The van der Waals surface area contributed by atoms with E-state index in [1.54, 1.807) is 28.4 Å². The lowest BCUT2D eigenvalue weighted by molar-refractivity contribution is 0.402. The molecule has 0 saturated carbocycles. The molecule has 4 rings (SSSR count). The van der Waals surface area contributed by atoms with Gasteiger partial charge in [-0.2, -0.15) is 0 Å². The molecule has 0 fully saturated rings. The Labute approximate surface area is 213 Å². The Morgan fingerprint density at radius 1 is 0.444 bits per heavy atom. The molecule has 4 heteroatoms. The highest BCUT2D eigenvalue weighted by Gasteiger charge is 2.12. The van der Waals surface area contributed by atoms with Gasteiger partial charge in [0.1, 0.15) is 23.0 Å². The first-order valence-electron chi connectivity index (χ1n) is 11.8. The summed E-state index contributed by atoms with van der Waals surface area (Å²) in [5.41, 5.74) is 8.50. The highest BCUT2D eigenvalue weighted by Crippen LogP contribution is 2.37. The smallest absolute Gasteiger partial charge is 0.127 e. The molecule has 4 aromatic carbocycles. The first-order valence-corrected chi connectivity index (χ1v) is 11.8. The van der Waals surface area contributed by atoms with Crippen molar-refractivity contribution in [2.45, 2.75) is 13.8 Å². The largest absolute Gasteiger partial charge is 0.496 e. The van der Waals surface area contributed by atoms with Gasteiger partial charge in [-0.15, -0.1) is 0 Å². The van der Waals surface area contributed by atoms with E-state index in [9.17, 15) is 0 Å². The van der Waals surface area contributed by atoms with Gasteiger partial charge in [0.15, 0.2) is 0 Å². The molecule has 0 aliphatic rings. The van der Waals surface area contributed by atoms with E-state index in [-0.39, 0.29) is 0 Å². The molecule has 0 bridgehead atoms. The lowest BCUT2D eigenvalue weighted by atomic mass is 9.99. The van der Waals surface area contributed by atoms with Crippen LogP contribution in [0.2, 0.25) is 0 Å². The van der Waals surface area contributed by atoms with Crippen LogP contribution in [-0.4, -0.2) is 28.4 Å². The fraction of sp³-hybridized carbons (Fsp3) is 0.188. The van der Waals surface area contributed by atoms with Crippen LogP contribution in [0.3, 0.4) is 0 Å². The predicted molar refractivity (Wildman–Crippen MR) is 148 cm³/mol. The maximum Gasteiger partial charge on any atom is 0.127 e. The molecule has 184 valence electrons. The van der Waals surface area contributed by atoms with Crippen molar-refractivity contribution in [3.63, 3.8) is 0 Å². The topological polar surface area (TPSA) is 36.9 Å². The summed E-state index contributed by atoms with van der Waals surface area (Å²) in [4.78, 5) is 0. The molecular formula is C32H32O4. The molecule has 0 unspecified atom stereocenters. The fourth-order valence-corrected chi connectivity index (χ4v) is 4.29. The molecule has 4 nitrogen and oxygen atoms in total. The summed E-state index contributed by atoms with van der Waals surface area (Å²) < 4.78 is 22.2. The fourth-order valence-electron chi connectivity index (χ4n) is 4.29. The van der Waals surface area contributed by atoms with Gasteiger partial charge < -0.3 is 18.9 Å². The van der Waals surface area contributed by atoms with Gasteiger partial charge in [-0.05, 0) is 71.5 Å². The van der Waals surface area contributed by atoms with Crippen molar-refractivity contribution >= 4 is 12.2 Å². The maximum absolute atomic E-state index is 5.61. The molecule has 0 aromatic heterocycles. The first kappa shape index (κ1) is 24.9. The quantitative estimate of drug-likeness (QED) is 0.241. The molecule has 0 amide bonds. The zero-order valence-electron chi connectivity index (χ0n) is 21.7. The second-order valence-corrected chi connectivity index (χ2v) is 8.62. The zero-order valence-corrected chi connectivity index (χ0v) is 21.7.